The standard InChI is InChI=1S/C12H18O/c1-3-4-5-6-7-8-9-10-11-12(2)13/h3-4,6-7,9-10H,5,8,11H2,1-2H3/b4-3-,7-6-,10-9-. The maximum absolute atomic E-state index is 10.5. The highest BCUT2D eigenvalue weighted by atomic mass is 16.1. The van der Waals surface area contributed by atoms with Crippen molar-refractivity contribution >= 4 is 5.78 Å². The van der Waals surface area contributed by atoms with Crippen LogP contribution in [0.2, 0.25) is 0 Å². The van der Waals surface area contributed by atoms with Gasteiger partial charge in [0.1, 0.15) is 5.78 Å². The number of hydrogen-bond donors (Lipinski definition) is 0. The fraction of sp³-hybridized carbons (Fsp3) is 0.417. The van der Waals surface area contributed by atoms with Crippen molar-refractivity contribution in [2.24, 2.45) is 0 Å². The summed E-state index contributed by atoms with van der Waals surface area (Å²) in [6.45, 7) is 3.62. The zero-order valence-electron chi connectivity index (χ0n) is 8.49. The lowest BCUT2D eigenvalue weighted by Gasteiger charge is -1.84. The van der Waals surface area contributed by atoms with Crippen LogP contribution in [-0.2, 0) is 4.79 Å². The van der Waals surface area contributed by atoms with Gasteiger partial charge in [0, 0.05) is 6.42 Å². The molecule has 1 heteroatoms. The van der Waals surface area contributed by atoms with Gasteiger partial charge in [-0.05, 0) is 26.7 Å². The molecular weight excluding hydrogens is 160 g/mol. The molecule has 0 fully saturated rings. The van der Waals surface area contributed by atoms with Crippen molar-refractivity contribution in [3.8, 4) is 0 Å². The number of carbonyl (C=O) groups excluding carboxylic acids is 1. The molecule has 0 rings (SSSR count). The third-order valence-corrected chi connectivity index (χ3v) is 1.52. The summed E-state index contributed by atoms with van der Waals surface area (Å²) in [5.41, 5.74) is 0. The second-order valence-electron chi connectivity index (χ2n) is 2.89. The zero-order valence-corrected chi connectivity index (χ0v) is 8.49. The van der Waals surface area contributed by atoms with E-state index in [1.807, 2.05) is 25.2 Å². The number of rotatable bonds is 6. The van der Waals surface area contributed by atoms with Crippen LogP contribution in [0.15, 0.2) is 36.5 Å². The van der Waals surface area contributed by atoms with Gasteiger partial charge in [0.25, 0.3) is 0 Å². The van der Waals surface area contributed by atoms with Gasteiger partial charge in [-0.15, -0.1) is 0 Å². The predicted molar refractivity (Wildman–Crippen MR) is 57.6 cm³/mol. The Morgan fingerprint density at radius 2 is 1.54 bits per heavy atom. The van der Waals surface area contributed by atoms with Crippen molar-refractivity contribution < 1.29 is 4.79 Å². The molecule has 72 valence electrons. The number of ketones is 1. The highest BCUT2D eigenvalue weighted by molar-refractivity contribution is 5.76. The van der Waals surface area contributed by atoms with Crippen molar-refractivity contribution in [1.82, 2.24) is 0 Å². The third kappa shape index (κ3) is 10.9. The molecule has 0 saturated heterocycles. The van der Waals surface area contributed by atoms with Crippen molar-refractivity contribution in [2.75, 3.05) is 0 Å². The minimum Gasteiger partial charge on any atom is -0.300 e. The van der Waals surface area contributed by atoms with E-state index in [0.717, 1.165) is 12.8 Å². The molecule has 0 radical (unpaired) electrons. The lowest BCUT2D eigenvalue weighted by atomic mass is 10.2. The third-order valence-electron chi connectivity index (χ3n) is 1.52. The second-order valence-corrected chi connectivity index (χ2v) is 2.89. The Morgan fingerprint density at radius 3 is 2.08 bits per heavy atom. The van der Waals surface area contributed by atoms with Crippen LogP contribution in [0.1, 0.15) is 33.1 Å². The Hall–Kier alpha value is -1.11. The highest BCUT2D eigenvalue weighted by Crippen LogP contribution is 1.92. The fourth-order valence-electron chi connectivity index (χ4n) is 0.831. The summed E-state index contributed by atoms with van der Waals surface area (Å²) in [7, 11) is 0. The summed E-state index contributed by atoms with van der Waals surface area (Å²) in [4.78, 5) is 10.5. The van der Waals surface area contributed by atoms with E-state index in [1.54, 1.807) is 6.92 Å². The summed E-state index contributed by atoms with van der Waals surface area (Å²) in [6.07, 6.45) is 14.8. The van der Waals surface area contributed by atoms with Crippen LogP contribution in [-0.4, -0.2) is 5.78 Å². The largest absolute Gasteiger partial charge is 0.300 e. The van der Waals surface area contributed by atoms with E-state index in [9.17, 15) is 4.79 Å². The molecule has 0 aliphatic carbocycles. The van der Waals surface area contributed by atoms with Gasteiger partial charge in [0.05, 0.1) is 0 Å². The van der Waals surface area contributed by atoms with Gasteiger partial charge >= 0.3 is 0 Å². The first-order valence-electron chi connectivity index (χ1n) is 4.68. The SMILES string of the molecule is C/C=C\C/C=C\C/C=C\CC(C)=O. The first kappa shape index (κ1) is 11.9. The van der Waals surface area contributed by atoms with Gasteiger partial charge in [0.15, 0.2) is 0 Å². The molecule has 0 aliphatic heterocycles. The molecule has 0 aromatic carbocycles. The van der Waals surface area contributed by atoms with E-state index in [2.05, 4.69) is 18.2 Å². The minimum absolute atomic E-state index is 0.217. The first-order chi connectivity index (χ1) is 6.27. The summed E-state index contributed by atoms with van der Waals surface area (Å²) < 4.78 is 0. The molecule has 0 N–H and O–H groups in total. The summed E-state index contributed by atoms with van der Waals surface area (Å²) in [5, 5.41) is 0. The molecule has 0 aliphatic rings. The molecule has 0 saturated carbocycles. The van der Waals surface area contributed by atoms with Crippen LogP contribution in [0.25, 0.3) is 0 Å². The van der Waals surface area contributed by atoms with E-state index in [1.165, 1.54) is 0 Å². The van der Waals surface area contributed by atoms with Crippen LogP contribution >= 0.6 is 0 Å². The summed E-state index contributed by atoms with van der Waals surface area (Å²) in [6, 6.07) is 0. The number of hydrogen-bond acceptors (Lipinski definition) is 1. The Bertz CT molecular complexity index is 209. The summed E-state index contributed by atoms with van der Waals surface area (Å²) >= 11 is 0. The first-order valence-corrected chi connectivity index (χ1v) is 4.68. The Labute approximate surface area is 80.8 Å². The summed E-state index contributed by atoms with van der Waals surface area (Å²) in [5.74, 6) is 0.217. The van der Waals surface area contributed by atoms with Crippen LogP contribution in [0.4, 0.5) is 0 Å². The maximum atomic E-state index is 10.5. The number of carbonyl (C=O) groups is 1. The molecule has 0 amide bonds. The molecule has 0 spiro atoms. The van der Waals surface area contributed by atoms with Crippen LogP contribution < -0.4 is 0 Å². The molecule has 0 atom stereocenters. The van der Waals surface area contributed by atoms with E-state index >= 15 is 0 Å². The molecule has 0 unspecified atom stereocenters. The second kappa shape index (κ2) is 8.98. The molecule has 0 aromatic rings. The molecule has 13 heavy (non-hydrogen) atoms. The average molecular weight is 178 g/mol. The van der Waals surface area contributed by atoms with E-state index in [4.69, 9.17) is 0 Å². The number of allylic oxidation sites excluding steroid dienone is 6. The maximum Gasteiger partial charge on any atom is 0.133 e. The molecule has 0 aromatic heterocycles. The van der Waals surface area contributed by atoms with E-state index in [-0.39, 0.29) is 5.78 Å². The predicted octanol–water partition coefficient (Wildman–Crippen LogP) is 3.43. The Balaban J connectivity index is 3.38. The van der Waals surface area contributed by atoms with Crippen molar-refractivity contribution in [2.45, 2.75) is 33.1 Å². The van der Waals surface area contributed by atoms with Crippen molar-refractivity contribution in [1.29, 1.82) is 0 Å². The van der Waals surface area contributed by atoms with Gasteiger partial charge < -0.3 is 0 Å². The molecule has 0 heterocycles. The molecule has 0 bridgehead atoms. The quantitative estimate of drug-likeness (QED) is 0.569. The Kier molecular flexibility index (Phi) is 8.21. The van der Waals surface area contributed by atoms with Gasteiger partial charge in [0.2, 0.25) is 0 Å². The van der Waals surface area contributed by atoms with Gasteiger partial charge in [-0.1, -0.05) is 36.5 Å². The minimum atomic E-state index is 0.217. The number of Topliss-reactive ketones (excluding diaryl/α,β-unsaturated/α-hetero) is 1. The van der Waals surface area contributed by atoms with Gasteiger partial charge in [-0.3, -0.25) is 4.79 Å². The lowest BCUT2D eigenvalue weighted by molar-refractivity contribution is -0.116. The monoisotopic (exact) mass is 178 g/mol. The molecular formula is C12H18O. The Morgan fingerprint density at radius 1 is 1.00 bits per heavy atom. The average Bonchev–Trinajstić information content (AvgIpc) is 2.09. The lowest BCUT2D eigenvalue weighted by Crippen LogP contribution is -1.83. The highest BCUT2D eigenvalue weighted by Gasteiger charge is 1.83. The van der Waals surface area contributed by atoms with Gasteiger partial charge in [-0.25, -0.2) is 0 Å². The van der Waals surface area contributed by atoms with Crippen molar-refractivity contribution in [3.05, 3.63) is 36.5 Å². The normalized spacial score (nSPS) is 12.2. The van der Waals surface area contributed by atoms with E-state index < -0.39 is 0 Å². The van der Waals surface area contributed by atoms with Crippen LogP contribution in [0.5, 0.6) is 0 Å². The van der Waals surface area contributed by atoms with Gasteiger partial charge in [-0.2, -0.15) is 0 Å². The fourth-order valence-corrected chi connectivity index (χ4v) is 0.831. The van der Waals surface area contributed by atoms with Crippen LogP contribution in [0.3, 0.4) is 0 Å². The zero-order chi connectivity index (χ0) is 9.94. The van der Waals surface area contributed by atoms with Crippen LogP contribution in [0, 0.1) is 0 Å². The smallest absolute Gasteiger partial charge is 0.133 e. The molecule has 1 nitrogen and oxygen atoms in total. The topological polar surface area (TPSA) is 17.1 Å². The van der Waals surface area contributed by atoms with Crippen molar-refractivity contribution in [3.63, 3.8) is 0 Å². The van der Waals surface area contributed by atoms with E-state index in [0.29, 0.717) is 6.42 Å².